The smallest absolute Gasteiger partial charge is 0.542 e. The van der Waals surface area contributed by atoms with Crippen LogP contribution in [0.4, 0.5) is 13.2 Å². The molecule has 0 unspecified atom stereocenters. The number of carbonyl (C=O) groups is 1. The van der Waals surface area contributed by atoms with E-state index in [0.29, 0.717) is 0 Å². The molecule has 0 radical (unpaired) electrons. The standard InChI is InChI=1S/C2HF3O2.Rb/c3-2(4,5)1(6)7;/h(H,6,7);/q;+1/p-1. The number of hydrogen-bond donors (Lipinski definition) is 0. The largest absolute Gasteiger partial charge is 1.00 e. The van der Waals surface area contributed by atoms with Crippen LogP contribution in [0.5, 0.6) is 0 Å². The summed E-state index contributed by atoms with van der Waals surface area (Å²) in [5.74, 6) is -3.01. The number of aliphatic carboxylic acids is 1. The fourth-order valence-corrected chi connectivity index (χ4v) is 0. The Morgan fingerprint density at radius 2 is 1.50 bits per heavy atom. The van der Waals surface area contributed by atoms with Gasteiger partial charge >= 0.3 is 64.4 Å². The molecule has 0 amide bonds. The van der Waals surface area contributed by atoms with E-state index < -0.39 is 12.1 Å². The van der Waals surface area contributed by atoms with Crippen LogP contribution in [-0.4, -0.2) is 12.1 Å². The molecule has 0 aromatic carbocycles. The molecule has 0 saturated heterocycles. The Labute approximate surface area is 91.8 Å². The van der Waals surface area contributed by atoms with Crippen molar-refractivity contribution in [2.24, 2.45) is 0 Å². The Bertz CT molecular complexity index is 87.8. The third-order valence-corrected chi connectivity index (χ3v) is 0.231. The summed E-state index contributed by atoms with van der Waals surface area (Å²) >= 11 is 0. The SMILES string of the molecule is O=C([O-])C(F)(F)F.[Rb+]. The van der Waals surface area contributed by atoms with Gasteiger partial charge in [-0.05, 0) is 0 Å². The Hall–Kier alpha value is 1.07. The molecule has 0 heterocycles. The summed E-state index contributed by atoms with van der Waals surface area (Å²) in [5.41, 5.74) is 0. The average molecular weight is 198 g/mol. The second kappa shape index (κ2) is 3.97. The van der Waals surface area contributed by atoms with Crippen LogP contribution in [0.3, 0.4) is 0 Å². The second-order valence-electron chi connectivity index (χ2n) is 0.785. The maximum Gasteiger partial charge on any atom is 1.00 e. The van der Waals surface area contributed by atoms with Crippen molar-refractivity contribution in [3.63, 3.8) is 0 Å². The van der Waals surface area contributed by atoms with Crippen molar-refractivity contribution in [3.05, 3.63) is 0 Å². The monoisotopic (exact) mass is 198 g/mol. The Morgan fingerprint density at radius 1 is 1.38 bits per heavy atom. The summed E-state index contributed by atoms with van der Waals surface area (Å²) in [4.78, 5) is 8.78. The van der Waals surface area contributed by atoms with Gasteiger partial charge in [0.2, 0.25) is 0 Å². The minimum Gasteiger partial charge on any atom is -0.542 e. The molecule has 0 rings (SSSR count). The first kappa shape index (κ1) is 11.8. The van der Waals surface area contributed by atoms with Crippen molar-refractivity contribution in [1.29, 1.82) is 0 Å². The van der Waals surface area contributed by atoms with Crippen LogP contribution in [-0.2, 0) is 4.79 Å². The third-order valence-electron chi connectivity index (χ3n) is 0.231. The molecular weight excluding hydrogens is 198 g/mol. The molecule has 0 aliphatic heterocycles. The fourth-order valence-electron chi connectivity index (χ4n) is 0. The van der Waals surface area contributed by atoms with Gasteiger partial charge in [0.25, 0.3) is 0 Å². The molecule has 0 atom stereocenters. The number of halogens is 3. The summed E-state index contributed by atoms with van der Waals surface area (Å²) in [7, 11) is 0. The molecule has 0 aromatic rings. The maximum absolute atomic E-state index is 10.5. The number of rotatable bonds is 0. The van der Waals surface area contributed by atoms with E-state index in [2.05, 4.69) is 0 Å². The molecule has 0 spiro atoms. The van der Waals surface area contributed by atoms with Gasteiger partial charge in [0.1, 0.15) is 5.97 Å². The molecule has 0 fully saturated rings. The van der Waals surface area contributed by atoms with Crippen molar-refractivity contribution in [2.75, 3.05) is 0 Å². The number of carboxylic acids is 1. The fraction of sp³-hybridized carbons (Fsp3) is 0.500. The van der Waals surface area contributed by atoms with Gasteiger partial charge in [-0.3, -0.25) is 0 Å². The van der Waals surface area contributed by atoms with Crippen LogP contribution < -0.4 is 63.3 Å². The first-order valence-electron chi connectivity index (χ1n) is 1.23. The quantitative estimate of drug-likeness (QED) is 0.402. The molecule has 8 heavy (non-hydrogen) atoms. The molecule has 0 bridgehead atoms. The van der Waals surface area contributed by atoms with E-state index >= 15 is 0 Å². The van der Waals surface area contributed by atoms with Crippen LogP contribution in [0.1, 0.15) is 0 Å². The Morgan fingerprint density at radius 3 is 1.50 bits per heavy atom. The van der Waals surface area contributed by atoms with E-state index in [0.717, 1.165) is 0 Å². The Balaban J connectivity index is 0. The summed E-state index contributed by atoms with van der Waals surface area (Å²) in [6.07, 6.45) is -5.19. The van der Waals surface area contributed by atoms with Crippen LogP contribution >= 0.6 is 0 Å². The maximum atomic E-state index is 10.5. The van der Waals surface area contributed by atoms with Crippen molar-refractivity contribution in [3.8, 4) is 0 Å². The van der Waals surface area contributed by atoms with Crippen molar-refractivity contribution in [1.82, 2.24) is 0 Å². The minimum atomic E-state index is -5.19. The molecule has 2 nitrogen and oxygen atoms in total. The first-order valence-corrected chi connectivity index (χ1v) is 1.23. The molecule has 0 aromatic heterocycles. The number of carbonyl (C=O) groups excluding carboxylic acids is 1. The zero-order chi connectivity index (χ0) is 6.08. The number of carboxylic acid groups (broad SMARTS) is 1. The van der Waals surface area contributed by atoms with Gasteiger partial charge in [0.05, 0.1) is 0 Å². The predicted octanol–water partition coefficient (Wildman–Crippen LogP) is -3.70. The summed E-state index contributed by atoms with van der Waals surface area (Å²) in [5, 5.41) is 8.78. The van der Waals surface area contributed by atoms with Crippen LogP contribution in [0, 0.1) is 0 Å². The molecule has 0 aliphatic carbocycles. The summed E-state index contributed by atoms with van der Waals surface area (Å²) in [6.45, 7) is 0. The third kappa shape index (κ3) is 5.21. The molecule has 0 saturated carbocycles. The topological polar surface area (TPSA) is 40.1 Å². The van der Waals surface area contributed by atoms with Crippen molar-refractivity contribution in [2.45, 2.75) is 6.18 Å². The van der Waals surface area contributed by atoms with Crippen molar-refractivity contribution >= 4 is 5.97 Å². The van der Waals surface area contributed by atoms with E-state index in [4.69, 9.17) is 9.90 Å². The molecule has 0 aliphatic rings. The van der Waals surface area contributed by atoms with E-state index in [1.807, 2.05) is 0 Å². The van der Waals surface area contributed by atoms with Gasteiger partial charge in [0, 0.05) is 0 Å². The number of hydrogen-bond acceptors (Lipinski definition) is 2. The second-order valence-corrected chi connectivity index (χ2v) is 0.785. The van der Waals surface area contributed by atoms with Gasteiger partial charge in [-0.1, -0.05) is 0 Å². The van der Waals surface area contributed by atoms with Gasteiger partial charge in [0.15, 0.2) is 0 Å². The van der Waals surface area contributed by atoms with Crippen LogP contribution in [0.15, 0.2) is 0 Å². The molecule has 0 N–H and O–H groups in total. The van der Waals surface area contributed by atoms with Gasteiger partial charge in [-0.25, -0.2) is 0 Å². The summed E-state index contributed by atoms with van der Waals surface area (Å²) in [6, 6.07) is 0. The molecule has 6 heteroatoms. The van der Waals surface area contributed by atoms with Crippen LogP contribution in [0.25, 0.3) is 0 Å². The predicted molar refractivity (Wildman–Crippen MR) is 11.1 cm³/mol. The van der Waals surface area contributed by atoms with Crippen molar-refractivity contribution < 1.29 is 81.3 Å². The van der Waals surface area contributed by atoms with Gasteiger partial charge in [-0.15, -0.1) is 0 Å². The minimum absolute atomic E-state index is 0. The van der Waals surface area contributed by atoms with Crippen LogP contribution in [0.2, 0.25) is 0 Å². The van der Waals surface area contributed by atoms with E-state index in [-0.39, 0.29) is 58.2 Å². The van der Waals surface area contributed by atoms with E-state index in [1.54, 1.807) is 0 Å². The molecule has 42 valence electrons. The summed E-state index contributed by atoms with van der Waals surface area (Å²) < 4.78 is 31.5. The normalized spacial score (nSPS) is 9.88. The van der Waals surface area contributed by atoms with E-state index in [1.165, 1.54) is 0 Å². The average Bonchev–Trinajstić information content (AvgIpc) is 1.31. The van der Waals surface area contributed by atoms with Gasteiger partial charge < -0.3 is 9.90 Å². The number of alkyl halides is 3. The first-order chi connectivity index (χ1) is 2.94. The zero-order valence-electron chi connectivity index (χ0n) is 3.95. The zero-order valence-corrected chi connectivity index (χ0v) is 8.87. The van der Waals surface area contributed by atoms with Gasteiger partial charge in [-0.2, -0.15) is 13.2 Å². The Kier molecular flexibility index (Phi) is 5.87. The molecular formula is C2F3O2Rb. The van der Waals surface area contributed by atoms with E-state index in [9.17, 15) is 13.2 Å².